The van der Waals surface area contributed by atoms with E-state index in [1.807, 2.05) is 0 Å². The molecule has 2 aliphatic rings. The highest BCUT2D eigenvalue weighted by molar-refractivity contribution is 5.52. The molecule has 1 N–H and O–H groups in total. The normalized spacial score (nSPS) is 25.1. The van der Waals surface area contributed by atoms with Crippen LogP contribution in [-0.4, -0.2) is 18.2 Å². The van der Waals surface area contributed by atoms with Crippen molar-refractivity contribution in [2.75, 3.05) is 11.9 Å². The van der Waals surface area contributed by atoms with Gasteiger partial charge in [0, 0.05) is 12.2 Å². The van der Waals surface area contributed by atoms with Crippen molar-refractivity contribution in [2.24, 2.45) is 0 Å². The smallest absolute Gasteiger partial charge is 0.0756 e. The van der Waals surface area contributed by atoms with E-state index in [1.54, 1.807) is 0 Å². The van der Waals surface area contributed by atoms with Crippen molar-refractivity contribution in [3.05, 3.63) is 29.3 Å². The summed E-state index contributed by atoms with van der Waals surface area (Å²) in [5, 5.41) is 3.58. The zero-order valence-corrected chi connectivity index (χ0v) is 12.2. The van der Waals surface area contributed by atoms with Gasteiger partial charge < -0.3 is 10.1 Å². The summed E-state index contributed by atoms with van der Waals surface area (Å²) >= 11 is 0. The Kier molecular flexibility index (Phi) is 3.53. The lowest BCUT2D eigenvalue weighted by Gasteiger charge is -2.24. The number of hydrogen-bond acceptors (Lipinski definition) is 2. The van der Waals surface area contributed by atoms with Crippen molar-refractivity contribution in [3.63, 3.8) is 0 Å². The second kappa shape index (κ2) is 5.16. The molecular formula is C17H25NO. The van der Waals surface area contributed by atoms with E-state index in [2.05, 4.69) is 37.4 Å². The third-order valence-electron chi connectivity index (χ3n) is 4.77. The highest BCUT2D eigenvalue weighted by atomic mass is 16.5. The van der Waals surface area contributed by atoms with Crippen molar-refractivity contribution < 1.29 is 4.74 Å². The van der Waals surface area contributed by atoms with E-state index in [-0.39, 0.29) is 5.60 Å². The van der Waals surface area contributed by atoms with E-state index in [4.69, 9.17) is 4.74 Å². The summed E-state index contributed by atoms with van der Waals surface area (Å²) in [6.45, 7) is 5.26. The van der Waals surface area contributed by atoms with E-state index in [1.165, 1.54) is 55.3 Å². The van der Waals surface area contributed by atoms with Crippen molar-refractivity contribution >= 4 is 5.69 Å². The van der Waals surface area contributed by atoms with Crippen LogP contribution in [0, 0.1) is 13.8 Å². The van der Waals surface area contributed by atoms with E-state index in [0.717, 1.165) is 6.54 Å². The SMILES string of the molecule is Cc1ccc(C)c(NCC2CCC3(CCCC3)O2)c1. The Hall–Kier alpha value is -1.02. The topological polar surface area (TPSA) is 21.3 Å². The van der Waals surface area contributed by atoms with Crippen LogP contribution in [0.2, 0.25) is 0 Å². The summed E-state index contributed by atoms with van der Waals surface area (Å²) in [5.74, 6) is 0. The first-order chi connectivity index (χ1) is 9.17. The Morgan fingerprint density at radius 2 is 2.00 bits per heavy atom. The molecule has 2 fully saturated rings. The quantitative estimate of drug-likeness (QED) is 0.878. The summed E-state index contributed by atoms with van der Waals surface area (Å²) in [5.41, 5.74) is 4.15. The van der Waals surface area contributed by atoms with E-state index < -0.39 is 0 Å². The van der Waals surface area contributed by atoms with Crippen LogP contribution in [0.5, 0.6) is 0 Å². The molecule has 2 nitrogen and oxygen atoms in total. The molecule has 1 saturated carbocycles. The van der Waals surface area contributed by atoms with Gasteiger partial charge in [-0.05, 0) is 56.7 Å². The Labute approximate surface area is 116 Å². The van der Waals surface area contributed by atoms with Gasteiger partial charge in [-0.25, -0.2) is 0 Å². The van der Waals surface area contributed by atoms with Gasteiger partial charge in [0.15, 0.2) is 0 Å². The third-order valence-corrected chi connectivity index (χ3v) is 4.77. The lowest BCUT2D eigenvalue weighted by molar-refractivity contribution is -0.0307. The van der Waals surface area contributed by atoms with Gasteiger partial charge in [0.05, 0.1) is 11.7 Å². The zero-order chi connectivity index (χ0) is 13.3. The third kappa shape index (κ3) is 2.79. The van der Waals surface area contributed by atoms with Crippen LogP contribution in [0.3, 0.4) is 0 Å². The summed E-state index contributed by atoms with van der Waals surface area (Å²) in [6, 6.07) is 6.58. The summed E-state index contributed by atoms with van der Waals surface area (Å²) in [6.07, 6.45) is 8.18. The number of ether oxygens (including phenoxy) is 1. The first-order valence-corrected chi connectivity index (χ1v) is 7.66. The summed E-state index contributed by atoms with van der Waals surface area (Å²) < 4.78 is 6.34. The fourth-order valence-electron chi connectivity index (χ4n) is 3.58. The molecule has 0 radical (unpaired) electrons. The number of rotatable bonds is 3. The Bertz CT molecular complexity index is 449. The molecule has 104 valence electrons. The maximum atomic E-state index is 6.34. The number of nitrogens with one attached hydrogen (secondary N) is 1. The molecule has 1 spiro atoms. The molecule has 1 atom stereocenters. The minimum atomic E-state index is 0.258. The standard InChI is InChI=1S/C17H25NO/c1-13-5-6-14(2)16(11-13)18-12-15-7-10-17(19-15)8-3-4-9-17/h5-6,11,15,18H,3-4,7-10,12H2,1-2H3. The second-order valence-electron chi connectivity index (χ2n) is 6.37. The Morgan fingerprint density at radius 3 is 2.79 bits per heavy atom. The highest BCUT2D eigenvalue weighted by Crippen LogP contribution is 2.43. The monoisotopic (exact) mass is 259 g/mol. The van der Waals surface area contributed by atoms with Crippen molar-refractivity contribution in [1.82, 2.24) is 0 Å². The number of anilines is 1. The average molecular weight is 259 g/mol. The Morgan fingerprint density at radius 1 is 1.21 bits per heavy atom. The van der Waals surface area contributed by atoms with Gasteiger partial charge in [-0.3, -0.25) is 0 Å². The molecule has 3 rings (SSSR count). The predicted octanol–water partition coefficient (Wildman–Crippen LogP) is 4.21. The summed E-state index contributed by atoms with van der Waals surface area (Å²) in [7, 11) is 0. The maximum Gasteiger partial charge on any atom is 0.0756 e. The zero-order valence-electron chi connectivity index (χ0n) is 12.2. The van der Waals surface area contributed by atoms with Crippen molar-refractivity contribution in [1.29, 1.82) is 0 Å². The van der Waals surface area contributed by atoms with Gasteiger partial charge in [-0.1, -0.05) is 25.0 Å². The number of aryl methyl sites for hydroxylation is 2. The largest absolute Gasteiger partial charge is 0.382 e. The molecular weight excluding hydrogens is 234 g/mol. The van der Waals surface area contributed by atoms with Crippen LogP contribution in [-0.2, 0) is 4.74 Å². The molecule has 1 saturated heterocycles. The lowest BCUT2D eigenvalue weighted by atomic mass is 9.98. The maximum absolute atomic E-state index is 6.34. The van der Waals surface area contributed by atoms with Gasteiger partial charge in [0.1, 0.15) is 0 Å². The van der Waals surface area contributed by atoms with E-state index >= 15 is 0 Å². The number of hydrogen-bond donors (Lipinski definition) is 1. The predicted molar refractivity (Wildman–Crippen MR) is 79.7 cm³/mol. The minimum absolute atomic E-state index is 0.258. The molecule has 1 aliphatic carbocycles. The highest BCUT2D eigenvalue weighted by Gasteiger charge is 2.41. The molecule has 0 amide bonds. The van der Waals surface area contributed by atoms with Gasteiger partial charge in [-0.15, -0.1) is 0 Å². The van der Waals surface area contributed by atoms with E-state index in [0.29, 0.717) is 6.10 Å². The molecule has 0 aromatic heterocycles. The number of benzene rings is 1. The fraction of sp³-hybridized carbons (Fsp3) is 0.647. The van der Waals surface area contributed by atoms with Crippen LogP contribution >= 0.6 is 0 Å². The fourth-order valence-corrected chi connectivity index (χ4v) is 3.58. The van der Waals surface area contributed by atoms with E-state index in [9.17, 15) is 0 Å². The van der Waals surface area contributed by atoms with Gasteiger partial charge in [0.2, 0.25) is 0 Å². The van der Waals surface area contributed by atoms with Crippen LogP contribution in [0.25, 0.3) is 0 Å². The van der Waals surface area contributed by atoms with Crippen molar-refractivity contribution in [3.8, 4) is 0 Å². The molecule has 1 aromatic carbocycles. The van der Waals surface area contributed by atoms with Gasteiger partial charge in [-0.2, -0.15) is 0 Å². The first kappa shape index (κ1) is 13.0. The molecule has 1 unspecified atom stereocenters. The molecule has 19 heavy (non-hydrogen) atoms. The average Bonchev–Trinajstić information content (AvgIpc) is 3.02. The minimum Gasteiger partial charge on any atom is -0.382 e. The van der Waals surface area contributed by atoms with Crippen molar-refractivity contribution in [2.45, 2.75) is 64.1 Å². The summed E-state index contributed by atoms with van der Waals surface area (Å²) in [4.78, 5) is 0. The molecule has 1 aromatic rings. The second-order valence-corrected chi connectivity index (χ2v) is 6.37. The molecule has 2 heteroatoms. The molecule has 0 bridgehead atoms. The van der Waals surface area contributed by atoms with Gasteiger partial charge >= 0.3 is 0 Å². The van der Waals surface area contributed by atoms with Crippen LogP contribution in [0.15, 0.2) is 18.2 Å². The molecule has 1 aliphatic heterocycles. The lowest BCUT2D eigenvalue weighted by Crippen LogP contribution is -2.28. The van der Waals surface area contributed by atoms with Crippen LogP contribution in [0.1, 0.15) is 49.7 Å². The van der Waals surface area contributed by atoms with Gasteiger partial charge in [0.25, 0.3) is 0 Å². The van der Waals surface area contributed by atoms with Crippen LogP contribution < -0.4 is 5.32 Å². The van der Waals surface area contributed by atoms with Crippen LogP contribution in [0.4, 0.5) is 5.69 Å². The Balaban J connectivity index is 1.57. The first-order valence-electron chi connectivity index (χ1n) is 7.66. The molecule has 1 heterocycles.